The lowest BCUT2D eigenvalue weighted by Gasteiger charge is -2.23. The van der Waals surface area contributed by atoms with Gasteiger partial charge in [0.05, 0.1) is 6.20 Å². The van der Waals surface area contributed by atoms with Gasteiger partial charge in [0.1, 0.15) is 0 Å². The normalized spacial score (nSPS) is 19.9. The number of amides is 2. The van der Waals surface area contributed by atoms with Gasteiger partial charge in [-0.2, -0.15) is 15.4 Å². The number of aryl methyl sites for hydroxylation is 1. The summed E-state index contributed by atoms with van der Waals surface area (Å²) in [6, 6.07) is 8.44. The third-order valence-electron chi connectivity index (χ3n) is 5.45. The second-order valence-electron chi connectivity index (χ2n) is 7.02. The molecule has 1 aromatic carbocycles. The number of carbonyl (C=O) groups excluding carboxylic acids is 2. The number of nitrogens with zero attached hydrogens (tertiary/aromatic N) is 4. The molecule has 1 saturated heterocycles. The maximum absolute atomic E-state index is 12.8. The molecule has 1 aliphatic carbocycles. The Balaban J connectivity index is 1.36. The first-order valence-electron chi connectivity index (χ1n) is 9.23. The molecule has 136 valence electrons. The third-order valence-corrected chi connectivity index (χ3v) is 5.45. The summed E-state index contributed by atoms with van der Waals surface area (Å²) in [4.78, 5) is 28.9. The summed E-state index contributed by atoms with van der Waals surface area (Å²) < 4.78 is 0. The lowest BCUT2D eigenvalue weighted by Crippen LogP contribution is -2.37. The van der Waals surface area contributed by atoms with Crippen LogP contribution in [0.25, 0.3) is 0 Å². The minimum absolute atomic E-state index is 0.127. The van der Waals surface area contributed by atoms with Crippen molar-refractivity contribution in [3.8, 4) is 0 Å². The van der Waals surface area contributed by atoms with Crippen LogP contribution in [0.1, 0.15) is 46.8 Å². The molecule has 1 N–H and O–H groups in total. The van der Waals surface area contributed by atoms with Crippen LogP contribution in [0.15, 0.2) is 30.5 Å². The van der Waals surface area contributed by atoms with Crippen LogP contribution in [0.4, 0.5) is 0 Å². The predicted molar refractivity (Wildman–Crippen MR) is 95.6 cm³/mol. The molecular formula is C19H23N5O2. The number of carbonyl (C=O) groups is 2. The molecule has 7 nitrogen and oxygen atoms in total. The zero-order valence-electron chi connectivity index (χ0n) is 14.7. The van der Waals surface area contributed by atoms with Crippen molar-refractivity contribution < 1.29 is 9.59 Å². The number of aromatic amines is 1. The average Bonchev–Trinajstić information content (AvgIpc) is 3.26. The van der Waals surface area contributed by atoms with E-state index in [0.29, 0.717) is 44.2 Å². The van der Waals surface area contributed by atoms with Gasteiger partial charge in [-0.05, 0) is 36.3 Å². The zero-order chi connectivity index (χ0) is 17.9. The first-order valence-corrected chi connectivity index (χ1v) is 9.23. The van der Waals surface area contributed by atoms with Crippen LogP contribution in [0.3, 0.4) is 0 Å². The zero-order valence-corrected chi connectivity index (χ0v) is 14.7. The SMILES string of the molecule is O=C(CC1CCc2ccccc21)N1CCCN(C(=O)c2cn[nH]n2)CC1. The molecule has 0 spiro atoms. The van der Waals surface area contributed by atoms with E-state index < -0.39 is 0 Å². The highest BCUT2D eigenvalue weighted by Crippen LogP contribution is 2.35. The molecule has 1 aliphatic heterocycles. The van der Waals surface area contributed by atoms with E-state index >= 15 is 0 Å². The van der Waals surface area contributed by atoms with E-state index in [-0.39, 0.29) is 11.8 Å². The highest BCUT2D eigenvalue weighted by atomic mass is 16.2. The Morgan fingerprint density at radius 2 is 1.92 bits per heavy atom. The van der Waals surface area contributed by atoms with Crippen molar-refractivity contribution >= 4 is 11.8 Å². The van der Waals surface area contributed by atoms with E-state index in [0.717, 1.165) is 19.3 Å². The van der Waals surface area contributed by atoms with Crippen molar-refractivity contribution in [3.63, 3.8) is 0 Å². The first kappa shape index (κ1) is 16.8. The van der Waals surface area contributed by atoms with Crippen molar-refractivity contribution in [3.05, 3.63) is 47.3 Å². The van der Waals surface area contributed by atoms with Crippen LogP contribution in [0.2, 0.25) is 0 Å². The second-order valence-corrected chi connectivity index (χ2v) is 7.02. The van der Waals surface area contributed by atoms with Gasteiger partial charge in [-0.3, -0.25) is 9.59 Å². The quantitative estimate of drug-likeness (QED) is 0.909. The summed E-state index contributed by atoms with van der Waals surface area (Å²) in [5, 5.41) is 10.0. The number of aromatic nitrogens is 3. The number of rotatable bonds is 3. The fourth-order valence-corrected chi connectivity index (χ4v) is 4.03. The van der Waals surface area contributed by atoms with Gasteiger partial charge in [-0.1, -0.05) is 24.3 Å². The molecule has 1 aromatic heterocycles. The first-order chi connectivity index (χ1) is 12.7. The van der Waals surface area contributed by atoms with E-state index in [1.54, 1.807) is 4.90 Å². The van der Waals surface area contributed by atoms with Gasteiger partial charge >= 0.3 is 0 Å². The van der Waals surface area contributed by atoms with Crippen LogP contribution < -0.4 is 0 Å². The summed E-state index contributed by atoms with van der Waals surface area (Å²) in [5.74, 6) is 0.398. The van der Waals surface area contributed by atoms with Crippen LogP contribution in [0, 0.1) is 0 Å². The summed E-state index contributed by atoms with van der Waals surface area (Å²) in [5.41, 5.74) is 3.04. The maximum Gasteiger partial charge on any atom is 0.276 e. The molecule has 26 heavy (non-hydrogen) atoms. The van der Waals surface area contributed by atoms with Crippen LogP contribution in [0.5, 0.6) is 0 Å². The largest absolute Gasteiger partial charge is 0.341 e. The van der Waals surface area contributed by atoms with E-state index in [4.69, 9.17) is 0 Å². The van der Waals surface area contributed by atoms with Crippen molar-refractivity contribution in [2.75, 3.05) is 26.2 Å². The van der Waals surface area contributed by atoms with Gasteiger partial charge in [-0.25, -0.2) is 0 Å². The highest BCUT2D eigenvalue weighted by molar-refractivity contribution is 5.92. The minimum Gasteiger partial charge on any atom is -0.341 e. The van der Waals surface area contributed by atoms with Crippen molar-refractivity contribution in [1.82, 2.24) is 25.2 Å². The van der Waals surface area contributed by atoms with E-state index in [9.17, 15) is 9.59 Å². The lowest BCUT2D eigenvalue weighted by molar-refractivity contribution is -0.131. The molecule has 0 bridgehead atoms. The molecule has 0 radical (unpaired) electrons. The number of nitrogens with one attached hydrogen (secondary N) is 1. The van der Waals surface area contributed by atoms with Crippen LogP contribution >= 0.6 is 0 Å². The van der Waals surface area contributed by atoms with Crippen LogP contribution in [-0.2, 0) is 11.2 Å². The second kappa shape index (κ2) is 7.27. The Hall–Kier alpha value is -2.70. The van der Waals surface area contributed by atoms with Crippen molar-refractivity contribution in [2.45, 2.75) is 31.6 Å². The number of hydrogen-bond donors (Lipinski definition) is 1. The van der Waals surface area contributed by atoms with Crippen LogP contribution in [-0.4, -0.2) is 63.2 Å². The molecule has 1 unspecified atom stereocenters. The topological polar surface area (TPSA) is 82.2 Å². The standard InChI is InChI=1S/C19H23N5O2/c25-18(12-15-7-6-14-4-1-2-5-16(14)15)23-8-3-9-24(11-10-23)19(26)17-13-20-22-21-17/h1-2,4-5,13,15H,3,6-12H2,(H,20,21,22). The average molecular weight is 353 g/mol. The minimum atomic E-state index is -0.127. The molecular weight excluding hydrogens is 330 g/mol. The fourth-order valence-electron chi connectivity index (χ4n) is 4.03. The molecule has 7 heteroatoms. The number of benzene rings is 1. The fraction of sp³-hybridized carbons (Fsp3) is 0.474. The van der Waals surface area contributed by atoms with E-state index in [1.165, 1.54) is 17.3 Å². The number of fused-ring (bicyclic) bond motifs is 1. The monoisotopic (exact) mass is 353 g/mol. The Morgan fingerprint density at radius 1 is 1.12 bits per heavy atom. The maximum atomic E-state index is 12.8. The molecule has 1 fully saturated rings. The van der Waals surface area contributed by atoms with Gasteiger partial charge in [0.25, 0.3) is 5.91 Å². The Bertz CT molecular complexity index is 789. The molecule has 0 saturated carbocycles. The summed E-state index contributed by atoms with van der Waals surface area (Å²) in [6.45, 7) is 2.47. The Morgan fingerprint density at radius 3 is 2.77 bits per heavy atom. The van der Waals surface area contributed by atoms with Gasteiger partial charge in [0.2, 0.25) is 5.91 Å². The number of H-pyrrole nitrogens is 1. The van der Waals surface area contributed by atoms with Gasteiger partial charge in [0, 0.05) is 32.6 Å². The molecule has 2 heterocycles. The Kier molecular flexibility index (Phi) is 4.69. The van der Waals surface area contributed by atoms with E-state index in [1.807, 2.05) is 4.90 Å². The third kappa shape index (κ3) is 3.34. The summed E-state index contributed by atoms with van der Waals surface area (Å²) in [7, 11) is 0. The highest BCUT2D eigenvalue weighted by Gasteiger charge is 2.28. The molecule has 2 aliphatic rings. The van der Waals surface area contributed by atoms with Crippen molar-refractivity contribution in [1.29, 1.82) is 0 Å². The van der Waals surface area contributed by atoms with Gasteiger partial charge in [-0.15, -0.1) is 0 Å². The summed E-state index contributed by atoms with van der Waals surface area (Å²) in [6.07, 6.45) is 4.91. The molecule has 1 atom stereocenters. The van der Waals surface area contributed by atoms with Gasteiger partial charge in [0.15, 0.2) is 5.69 Å². The van der Waals surface area contributed by atoms with E-state index in [2.05, 4.69) is 39.7 Å². The number of hydrogen-bond acceptors (Lipinski definition) is 4. The smallest absolute Gasteiger partial charge is 0.276 e. The molecule has 2 aromatic rings. The predicted octanol–water partition coefficient (Wildman–Crippen LogP) is 1.60. The molecule has 4 rings (SSSR count). The van der Waals surface area contributed by atoms with Gasteiger partial charge < -0.3 is 9.80 Å². The lowest BCUT2D eigenvalue weighted by atomic mass is 9.97. The molecule has 2 amide bonds. The van der Waals surface area contributed by atoms with Crippen molar-refractivity contribution in [2.24, 2.45) is 0 Å². The Labute approximate surface area is 152 Å². The summed E-state index contributed by atoms with van der Waals surface area (Å²) >= 11 is 0.